The number of nitrogens with zero attached hydrogens (tertiary/aromatic N) is 2. The van der Waals surface area contributed by atoms with E-state index in [4.69, 9.17) is 0 Å². The molecule has 0 spiro atoms. The summed E-state index contributed by atoms with van der Waals surface area (Å²) in [5.74, 6) is -0.937. The van der Waals surface area contributed by atoms with Gasteiger partial charge in [-0.25, -0.2) is 4.79 Å². The molecule has 0 unspecified atom stereocenters. The van der Waals surface area contributed by atoms with Crippen molar-refractivity contribution < 1.29 is 9.90 Å². The molecule has 0 radical (unpaired) electrons. The molecule has 2 aromatic carbocycles. The minimum atomic E-state index is -0.937. The van der Waals surface area contributed by atoms with Gasteiger partial charge in [0.05, 0.1) is 11.4 Å². The second kappa shape index (κ2) is 8.67. The molecule has 140 valence electrons. The fraction of sp³-hybridized carbons (Fsp3) is 0.238. The van der Waals surface area contributed by atoms with Crippen molar-refractivity contribution in [2.45, 2.75) is 25.9 Å². The van der Waals surface area contributed by atoms with E-state index in [0.29, 0.717) is 29.9 Å². The quantitative estimate of drug-likeness (QED) is 0.504. The SMILES string of the molecule is C[C@H](NCc1nn(C)c(Cc2ccccc2)c1C(=O)O)c1ccc(I)cc1. The summed E-state index contributed by atoms with van der Waals surface area (Å²) in [5.41, 5.74) is 3.80. The highest BCUT2D eigenvalue weighted by Crippen LogP contribution is 2.20. The third-order valence-corrected chi connectivity index (χ3v) is 5.33. The number of aryl methyl sites for hydroxylation is 1. The summed E-state index contributed by atoms with van der Waals surface area (Å²) < 4.78 is 2.87. The Morgan fingerprint density at radius 1 is 1.19 bits per heavy atom. The summed E-state index contributed by atoms with van der Waals surface area (Å²) in [7, 11) is 1.80. The molecule has 1 heterocycles. The van der Waals surface area contributed by atoms with E-state index in [1.807, 2.05) is 30.3 Å². The number of halogens is 1. The number of aromatic nitrogens is 2. The molecular formula is C21H22IN3O2. The number of nitrogens with one attached hydrogen (secondary N) is 1. The van der Waals surface area contributed by atoms with Gasteiger partial charge in [0.25, 0.3) is 0 Å². The molecule has 6 heteroatoms. The second-order valence-electron chi connectivity index (χ2n) is 6.51. The van der Waals surface area contributed by atoms with E-state index in [1.54, 1.807) is 11.7 Å². The van der Waals surface area contributed by atoms with Crippen LogP contribution in [0.15, 0.2) is 54.6 Å². The van der Waals surface area contributed by atoms with Crippen molar-refractivity contribution in [3.8, 4) is 0 Å². The van der Waals surface area contributed by atoms with Crippen LogP contribution in [0.1, 0.15) is 45.8 Å². The zero-order chi connectivity index (χ0) is 19.4. The van der Waals surface area contributed by atoms with E-state index in [-0.39, 0.29) is 6.04 Å². The van der Waals surface area contributed by atoms with Crippen LogP contribution in [-0.4, -0.2) is 20.9 Å². The van der Waals surface area contributed by atoms with Crippen LogP contribution in [0.3, 0.4) is 0 Å². The Hall–Kier alpha value is -2.19. The molecule has 1 atom stereocenters. The maximum atomic E-state index is 11.9. The molecule has 3 aromatic rings. The maximum Gasteiger partial charge on any atom is 0.339 e. The first-order valence-corrected chi connectivity index (χ1v) is 9.84. The topological polar surface area (TPSA) is 67.2 Å². The first-order chi connectivity index (χ1) is 13.0. The Bertz CT molecular complexity index is 921. The number of benzene rings is 2. The molecule has 5 nitrogen and oxygen atoms in total. The van der Waals surface area contributed by atoms with Gasteiger partial charge in [0, 0.05) is 29.6 Å². The fourth-order valence-electron chi connectivity index (χ4n) is 3.10. The van der Waals surface area contributed by atoms with Gasteiger partial charge in [-0.2, -0.15) is 5.10 Å². The molecular weight excluding hydrogens is 453 g/mol. The third-order valence-electron chi connectivity index (χ3n) is 4.61. The average Bonchev–Trinajstić information content (AvgIpc) is 2.97. The molecule has 3 rings (SSSR count). The number of rotatable bonds is 7. The van der Waals surface area contributed by atoms with Crippen molar-refractivity contribution in [1.82, 2.24) is 15.1 Å². The molecule has 0 fully saturated rings. The van der Waals surface area contributed by atoms with E-state index in [2.05, 4.69) is 64.2 Å². The molecule has 2 N–H and O–H groups in total. The first kappa shape index (κ1) is 19.6. The molecule has 1 aromatic heterocycles. The highest BCUT2D eigenvalue weighted by molar-refractivity contribution is 14.1. The lowest BCUT2D eigenvalue weighted by molar-refractivity contribution is 0.0694. The summed E-state index contributed by atoms with van der Waals surface area (Å²) in [4.78, 5) is 11.9. The summed E-state index contributed by atoms with van der Waals surface area (Å²) in [6, 6.07) is 18.2. The highest BCUT2D eigenvalue weighted by Gasteiger charge is 2.22. The van der Waals surface area contributed by atoms with Crippen LogP contribution in [0, 0.1) is 3.57 Å². The van der Waals surface area contributed by atoms with Crippen molar-refractivity contribution in [2.75, 3.05) is 0 Å². The largest absolute Gasteiger partial charge is 0.478 e. The van der Waals surface area contributed by atoms with E-state index in [9.17, 15) is 9.90 Å². The van der Waals surface area contributed by atoms with Gasteiger partial charge in [-0.15, -0.1) is 0 Å². The zero-order valence-corrected chi connectivity index (χ0v) is 17.5. The van der Waals surface area contributed by atoms with Crippen molar-refractivity contribution in [3.63, 3.8) is 0 Å². The average molecular weight is 475 g/mol. The summed E-state index contributed by atoms with van der Waals surface area (Å²) in [6.45, 7) is 2.47. The van der Waals surface area contributed by atoms with E-state index >= 15 is 0 Å². The molecule has 0 aliphatic carbocycles. The summed E-state index contributed by atoms with van der Waals surface area (Å²) in [6.07, 6.45) is 0.540. The Morgan fingerprint density at radius 2 is 1.85 bits per heavy atom. The predicted octanol–water partition coefficient (Wildman–Crippen LogP) is 4.16. The van der Waals surface area contributed by atoms with Crippen LogP contribution in [0.4, 0.5) is 0 Å². The normalized spacial score (nSPS) is 12.1. The summed E-state index contributed by atoms with van der Waals surface area (Å²) in [5, 5.41) is 17.6. The zero-order valence-electron chi connectivity index (χ0n) is 15.3. The molecule has 0 amide bonds. The number of carbonyl (C=O) groups is 1. The molecule has 0 saturated heterocycles. The highest BCUT2D eigenvalue weighted by atomic mass is 127. The van der Waals surface area contributed by atoms with Crippen LogP contribution in [0.2, 0.25) is 0 Å². The standard InChI is InChI=1S/C21H22IN3O2/c1-14(16-8-10-17(22)11-9-16)23-13-18-20(21(26)27)19(25(2)24-18)12-15-6-4-3-5-7-15/h3-11,14,23H,12-13H2,1-2H3,(H,26,27)/t14-/m0/s1. The van der Waals surface area contributed by atoms with Crippen LogP contribution >= 0.6 is 22.6 Å². The van der Waals surface area contributed by atoms with Crippen molar-refractivity contribution in [2.24, 2.45) is 7.05 Å². The molecule has 0 aliphatic rings. The molecule has 27 heavy (non-hydrogen) atoms. The molecule has 0 bridgehead atoms. The van der Waals surface area contributed by atoms with Gasteiger partial charge in [-0.05, 0) is 52.8 Å². The van der Waals surface area contributed by atoms with Crippen LogP contribution in [0.25, 0.3) is 0 Å². The van der Waals surface area contributed by atoms with Gasteiger partial charge in [-0.3, -0.25) is 4.68 Å². The minimum Gasteiger partial charge on any atom is -0.478 e. The Balaban J connectivity index is 1.80. The number of carboxylic acids is 1. The minimum absolute atomic E-state index is 0.100. The number of hydrogen-bond acceptors (Lipinski definition) is 3. The van der Waals surface area contributed by atoms with Crippen molar-refractivity contribution >= 4 is 28.6 Å². The van der Waals surface area contributed by atoms with Gasteiger partial charge in [-0.1, -0.05) is 42.5 Å². The maximum absolute atomic E-state index is 11.9. The van der Waals surface area contributed by atoms with E-state index in [1.165, 1.54) is 3.57 Å². The fourth-order valence-corrected chi connectivity index (χ4v) is 3.46. The second-order valence-corrected chi connectivity index (χ2v) is 7.76. The lowest BCUT2D eigenvalue weighted by atomic mass is 10.0. The number of carboxylic acid groups (broad SMARTS) is 1. The Labute approximate surface area is 172 Å². The Kier molecular flexibility index (Phi) is 6.28. The van der Waals surface area contributed by atoms with Gasteiger partial charge in [0.15, 0.2) is 0 Å². The monoisotopic (exact) mass is 475 g/mol. The Morgan fingerprint density at radius 3 is 2.48 bits per heavy atom. The van der Waals surface area contributed by atoms with Gasteiger partial charge in [0.2, 0.25) is 0 Å². The van der Waals surface area contributed by atoms with Crippen LogP contribution in [0.5, 0.6) is 0 Å². The lowest BCUT2D eigenvalue weighted by Crippen LogP contribution is -2.20. The first-order valence-electron chi connectivity index (χ1n) is 8.76. The van der Waals surface area contributed by atoms with E-state index < -0.39 is 5.97 Å². The van der Waals surface area contributed by atoms with Crippen LogP contribution < -0.4 is 5.32 Å². The number of aromatic carboxylic acids is 1. The van der Waals surface area contributed by atoms with Crippen LogP contribution in [-0.2, 0) is 20.0 Å². The summed E-state index contributed by atoms with van der Waals surface area (Å²) >= 11 is 2.28. The van der Waals surface area contributed by atoms with Gasteiger partial charge < -0.3 is 10.4 Å². The molecule has 0 aliphatic heterocycles. The van der Waals surface area contributed by atoms with Gasteiger partial charge in [0.1, 0.15) is 5.56 Å². The lowest BCUT2D eigenvalue weighted by Gasteiger charge is -2.13. The molecule has 0 saturated carbocycles. The smallest absolute Gasteiger partial charge is 0.339 e. The third kappa shape index (κ3) is 4.75. The van der Waals surface area contributed by atoms with E-state index in [0.717, 1.165) is 11.1 Å². The van der Waals surface area contributed by atoms with Gasteiger partial charge >= 0.3 is 5.97 Å². The number of hydrogen-bond donors (Lipinski definition) is 2. The van der Waals surface area contributed by atoms with Crippen molar-refractivity contribution in [1.29, 1.82) is 0 Å². The van der Waals surface area contributed by atoms with Crippen molar-refractivity contribution in [3.05, 3.63) is 86.2 Å². The predicted molar refractivity (Wildman–Crippen MR) is 114 cm³/mol.